The van der Waals surface area contributed by atoms with Crippen LogP contribution in [0.4, 0.5) is 0 Å². The van der Waals surface area contributed by atoms with E-state index in [1.807, 2.05) is 12.1 Å². The molecule has 0 saturated heterocycles. The standard InChI is InChI=1S/C15H25N3O/c1-4-16-15(12-7-5-6-11(2)10-12)13-8-9-14(19-3)18-17-13/h8-9,11-12,15-16H,4-7,10H2,1-3H3. The van der Waals surface area contributed by atoms with Crippen LogP contribution in [0, 0.1) is 11.8 Å². The molecule has 1 aromatic heterocycles. The van der Waals surface area contributed by atoms with Gasteiger partial charge in [0.2, 0.25) is 5.88 Å². The van der Waals surface area contributed by atoms with E-state index in [1.54, 1.807) is 7.11 Å². The molecule has 0 bridgehead atoms. The van der Waals surface area contributed by atoms with Gasteiger partial charge in [-0.05, 0) is 37.3 Å². The molecule has 0 aromatic carbocycles. The molecule has 2 rings (SSSR count). The molecular formula is C15H25N3O. The molecule has 4 heteroatoms. The van der Waals surface area contributed by atoms with Crippen LogP contribution >= 0.6 is 0 Å². The Labute approximate surface area is 116 Å². The monoisotopic (exact) mass is 263 g/mol. The Morgan fingerprint density at radius 2 is 2.21 bits per heavy atom. The summed E-state index contributed by atoms with van der Waals surface area (Å²) in [5, 5.41) is 12.0. The molecule has 1 saturated carbocycles. The zero-order chi connectivity index (χ0) is 13.7. The second-order valence-corrected chi connectivity index (χ2v) is 5.57. The van der Waals surface area contributed by atoms with Gasteiger partial charge in [0.25, 0.3) is 0 Å². The summed E-state index contributed by atoms with van der Waals surface area (Å²) < 4.78 is 5.08. The number of rotatable bonds is 5. The molecule has 1 aliphatic rings. The first-order valence-electron chi connectivity index (χ1n) is 7.35. The highest BCUT2D eigenvalue weighted by molar-refractivity contribution is 5.15. The molecule has 0 radical (unpaired) electrons. The Balaban J connectivity index is 2.13. The second kappa shape index (κ2) is 6.85. The van der Waals surface area contributed by atoms with E-state index in [0.29, 0.717) is 17.8 Å². The maximum absolute atomic E-state index is 5.08. The normalized spacial score (nSPS) is 25.0. The van der Waals surface area contributed by atoms with Crippen LogP contribution in [0.1, 0.15) is 51.3 Å². The zero-order valence-electron chi connectivity index (χ0n) is 12.2. The van der Waals surface area contributed by atoms with Crippen molar-refractivity contribution in [3.8, 4) is 5.88 Å². The van der Waals surface area contributed by atoms with Gasteiger partial charge in [0, 0.05) is 6.07 Å². The summed E-state index contributed by atoms with van der Waals surface area (Å²) >= 11 is 0. The predicted molar refractivity (Wildman–Crippen MR) is 76.1 cm³/mol. The van der Waals surface area contributed by atoms with Gasteiger partial charge in [-0.1, -0.05) is 26.7 Å². The first-order valence-corrected chi connectivity index (χ1v) is 7.35. The summed E-state index contributed by atoms with van der Waals surface area (Å²) in [4.78, 5) is 0. The maximum Gasteiger partial charge on any atom is 0.233 e. The van der Waals surface area contributed by atoms with Gasteiger partial charge < -0.3 is 10.1 Å². The molecule has 4 nitrogen and oxygen atoms in total. The number of methoxy groups -OCH3 is 1. The molecule has 3 unspecified atom stereocenters. The van der Waals surface area contributed by atoms with Crippen molar-refractivity contribution in [2.24, 2.45) is 11.8 Å². The van der Waals surface area contributed by atoms with Crippen LogP contribution in [0.5, 0.6) is 5.88 Å². The van der Waals surface area contributed by atoms with Crippen LogP contribution in [-0.2, 0) is 0 Å². The lowest BCUT2D eigenvalue weighted by Crippen LogP contribution is -2.32. The average Bonchev–Trinajstić information content (AvgIpc) is 2.45. The van der Waals surface area contributed by atoms with Gasteiger partial charge in [-0.2, -0.15) is 5.10 Å². The molecule has 106 valence electrons. The number of aromatic nitrogens is 2. The van der Waals surface area contributed by atoms with E-state index < -0.39 is 0 Å². The number of hydrogen-bond acceptors (Lipinski definition) is 4. The summed E-state index contributed by atoms with van der Waals surface area (Å²) in [5.41, 5.74) is 1.04. The Hall–Kier alpha value is -1.16. The molecule has 0 amide bonds. The summed E-state index contributed by atoms with van der Waals surface area (Å²) in [6.45, 7) is 5.47. The number of hydrogen-bond donors (Lipinski definition) is 1. The Morgan fingerprint density at radius 3 is 2.79 bits per heavy atom. The zero-order valence-corrected chi connectivity index (χ0v) is 12.2. The lowest BCUT2D eigenvalue weighted by Gasteiger charge is -2.33. The quantitative estimate of drug-likeness (QED) is 0.887. The third kappa shape index (κ3) is 3.66. The molecule has 0 spiro atoms. The second-order valence-electron chi connectivity index (χ2n) is 5.57. The van der Waals surface area contributed by atoms with Crippen LogP contribution in [0.3, 0.4) is 0 Å². The van der Waals surface area contributed by atoms with Crippen molar-refractivity contribution >= 4 is 0 Å². The van der Waals surface area contributed by atoms with E-state index in [-0.39, 0.29) is 0 Å². The minimum Gasteiger partial charge on any atom is -0.480 e. The molecule has 19 heavy (non-hydrogen) atoms. The minimum atomic E-state index is 0.325. The molecule has 1 N–H and O–H groups in total. The fraction of sp³-hybridized carbons (Fsp3) is 0.733. The van der Waals surface area contributed by atoms with E-state index in [9.17, 15) is 0 Å². The highest BCUT2D eigenvalue weighted by Gasteiger charge is 2.28. The van der Waals surface area contributed by atoms with E-state index in [1.165, 1.54) is 25.7 Å². The lowest BCUT2D eigenvalue weighted by atomic mass is 9.77. The van der Waals surface area contributed by atoms with Gasteiger partial charge in [0.15, 0.2) is 0 Å². The van der Waals surface area contributed by atoms with Gasteiger partial charge in [0.05, 0.1) is 18.8 Å². The SMILES string of the molecule is CCNC(c1ccc(OC)nn1)C1CCCC(C)C1. The first kappa shape index (κ1) is 14.3. The van der Waals surface area contributed by atoms with Crippen LogP contribution in [0.25, 0.3) is 0 Å². The van der Waals surface area contributed by atoms with Crippen LogP contribution in [-0.4, -0.2) is 23.9 Å². The Bertz CT molecular complexity index is 379. The van der Waals surface area contributed by atoms with Crippen molar-refractivity contribution in [1.82, 2.24) is 15.5 Å². The molecule has 1 fully saturated rings. The van der Waals surface area contributed by atoms with E-state index in [2.05, 4.69) is 29.4 Å². The van der Waals surface area contributed by atoms with E-state index in [4.69, 9.17) is 4.74 Å². The molecular weight excluding hydrogens is 238 g/mol. The van der Waals surface area contributed by atoms with Crippen molar-refractivity contribution in [3.63, 3.8) is 0 Å². The number of nitrogens with zero attached hydrogens (tertiary/aromatic N) is 2. The summed E-state index contributed by atoms with van der Waals surface area (Å²) in [6.07, 6.45) is 5.27. The largest absolute Gasteiger partial charge is 0.480 e. The fourth-order valence-corrected chi connectivity index (χ4v) is 3.12. The first-order chi connectivity index (χ1) is 9.24. The maximum atomic E-state index is 5.08. The van der Waals surface area contributed by atoms with Gasteiger partial charge in [0.1, 0.15) is 0 Å². The van der Waals surface area contributed by atoms with Crippen molar-refractivity contribution in [2.45, 2.75) is 45.6 Å². The van der Waals surface area contributed by atoms with Crippen molar-refractivity contribution < 1.29 is 4.74 Å². The molecule has 1 aliphatic carbocycles. The van der Waals surface area contributed by atoms with Gasteiger partial charge >= 0.3 is 0 Å². The summed E-state index contributed by atoms with van der Waals surface area (Å²) in [7, 11) is 1.62. The summed E-state index contributed by atoms with van der Waals surface area (Å²) in [5.74, 6) is 2.08. The lowest BCUT2D eigenvalue weighted by molar-refractivity contribution is 0.221. The molecule has 1 heterocycles. The highest BCUT2D eigenvalue weighted by Crippen LogP contribution is 2.36. The molecule has 3 atom stereocenters. The van der Waals surface area contributed by atoms with Crippen LogP contribution in [0.2, 0.25) is 0 Å². The van der Waals surface area contributed by atoms with Gasteiger partial charge in [-0.25, -0.2) is 0 Å². The van der Waals surface area contributed by atoms with E-state index >= 15 is 0 Å². The number of ether oxygens (including phenoxy) is 1. The minimum absolute atomic E-state index is 0.325. The third-order valence-corrected chi connectivity index (χ3v) is 4.06. The number of nitrogens with one attached hydrogen (secondary N) is 1. The Morgan fingerprint density at radius 1 is 1.37 bits per heavy atom. The molecule has 0 aliphatic heterocycles. The van der Waals surface area contributed by atoms with Gasteiger partial charge in [-0.15, -0.1) is 5.10 Å². The smallest absolute Gasteiger partial charge is 0.233 e. The van der Waals surface area contributed by atoms with Crippen LogP contribution in [0.15, 0.2) is 12.1 Å². The van der Waals surface area contributed by atoms with Crippen molar-refractivity contribution in [3.05, 3.63) is 17.8 Å². The average molecular weight is 263 g/mol. The van der Waals surface area contributed by atoms with Gasteiger partial charge in [-0.3, -0.25) is 0 Å². The Kier molecular flexibility index (Phi) is 5.14. The van der Waals surface area contributed by atoms with E-state index in [0.717, 1.165) is 18.2 Å². The molecule has 1 aromatic rings. The topological polar surface area (TPSA) is 47.0 Å². The fourth-order valence-electron chi connectivity index (χ4n) is 3.12. The van der Waals surface area contributed by atoms with Crippen molar-refractivity contribution in [1.29, 1.82) is 0 Å². The summed E-state index contributed by atoms with van der Waals surface area (Å²) in [6, 6.07) is 4.27. The van der Waals surface area contributed by atoms with Crippen LogP contribution < -0.4 is 10.1 Å². The third-order valence-electron chi connectivity index (χ3n) is 4.06. The highest BCUT2D eigenvalue weighted by atomic mass is 16.5. The predicted octanol–water partition coefficient (Wildman–Crippen LogP) is 2.96. The van der Waals surface area contributed by atoms with Crippen molar-refractivity contribution in [2.75, 3.05) is 13.7 Å².